The van der Waals surface area contributed by atoms with E-state index in [4.69, 9.17) is 5.11 Å². The van der Waals surface area contributed by atoms with E-state index < -0.39 is 5.97 Å². The molecule has 2 heterocycles. The molecule has 0 spiro atoms. The van der Waals surface area contributed by atoms with E-state index in [1.54, 1.807) is 12.1 Å². The Morgan fingerprint density at radius 3 is 2.52 bits per heavy atom. The van der Waals surface area contributed by atoms with Gasteiger partial charge in [0, 0.05) is 17.5 Å². The first-order chi connectivity index (χ1) is 14.0. The Hall–Kier alpha value is -4.11. The predicted octanol–water partition coefficient (Wildman–Crippen LogP) is 3.02. The number of hydrogen-bond donors (Lipinski definition) is 2. The molecule has 0 atom stereocenters. The van der Waals surface area contributed by atoms with Gasteiger partial charge in [0.05, 0.1) is 5.56 Å². The SMILES string of the molecule is Cc1cc(Cc2ccc(C(=O)O)cc2)c(=O)n2nc(C#Cc3ccccc3)[nH]c12. The predicted molar refractivity (Wildman–Crippen MR) is 109 cm³/mol. The lowest BCUT2D eigenvalue weighted by Crippen LogP contribution is -2.20. The van der Waals surface area contributed by atoms with Gasteiger partial charge in [0.25, 0.3) is 5.56 Å². The number of pyridine rings is 1. The molecule has 0 aliphatic rings. The van der Waals surface area contributed by atoms with Gasteiger partial charge in [-0.05, 0) is 54.3 Å². The summed E-state index contributed by atoms with van der Waals surface area (Å²) in [6, 6.07) is 17.9. The van der Waals surface area contributed by atoms with Gasteiger partial charge in [0.2, 0.25) is 5.82 Å². The number of nitrogens with one attached hydrogen (secondary N) is 1. The average molecular weight is 383 g/mol. The number of H-pyrrole nitrogens is 1. The summed E-state index contributed by atoms with van der Waals surface area (Å²) in [6.45, 7) is 1.90. The van der Waals surface area contributed by atoms with Crippen molar-refractivity contribution in [1.29, 1.82) is 0 Å². The Bertz CT molecular complexity index is 1320. The van der Waals surface area contributed by atoms with E-state index in [0.717, 1.165) is 16.7 Å². The third-order valence-corrected chi connectivity index (χ3v) is 4.57. The van der Waals surface area contributed by atoms with Crippen LogP contribution in [0.3, 0.4) is 0 Å². The number of nitrogens with zero attached hydrogens (tertiary/aromatic N) is 2. The number of fused-ring (bicyclic) bond motifs is 1. The standard InChI is InChI=1S/C23H17N3O3/c1-15-13-19(14-17-7-10-18(11-8-17)23(28)29)22(27)26-21(15)24-20(25-26)12-9-16-5-3-2-4-6-16/h2-8,10-11,13H,14H2,1H3,(H,24,25)(H,28,29). The topological polar surface area (TPSA) is 87.5 Å². The third-order valence-electron chi connectivity index (χ3n) is 4.57. The number of carbonyl (C=O) groups is 1. The fourth-order valence-electron chi connectivity index (χ4n) is 3.10. The number of aromatic nitrogens is 3. The highest BCUT2D eigenvalue weighted by Crippen LogP contribution is 2.13. The van der Waals surface area contributed by atoms with Crippen molar-refractivity contribution in [2.45, 2.75) is 13.3 Å². The van der Waals surface area contributed by atoms with E-state index in [9.17, 15) is 9.59 Å². The second-order valence-electron chi connectivity index (χ2n) is 6.69. The Labute approximate surface area is 166 Å². The molecule has 6 heteroatoms. The third kappa shape index (κ3) is 3.80. The first-order valence-corrected chi connectivity index (χ1v) is 9.02. The van der Waals surface area contributed by atoms with Crippen LogP contribution in [0.25, 0.3) is 5.65 Å². The van der Waals surface area contributed by atoms with Crippen molar-refractivity contribution in [2.75, 3.05) is 0 Å². The van der Waals surface area contributed by atoms with Crippen LogP contribution in [0, 0.1) is 18.8 Å². The van der Waals surface area contributed by atoms with Crippen LogP contribution >= 0.6 is 0 Å². The number of carboxylic acids is 1. The highest BCUT2D eigenvalue weighted by atomic mass is 16.4. The van der Waals surface area contributed by atoms with E-state index in [1.165, 1.54) is 16.6 Å². The highest BCUT2D eigenvalue weighted by molar-refractivity contribution is 5.87. The van der Waals surface area contributed by atoms with Gasteiger partial charge in [-0.1, -0.05) is 36.3 Å². The van der Waals surface area contributed by atoms with Crippen molar-refractivity contribution in [2.24, 2.45) is 0 Å². The smallest absolute Gasteiger partial charge is 0.335 e. The maximum Gasteiger partial charge on any atom is 0.335 e. The Morgan fingerprint density at radius 2 is 1.83 bits per heavy atom. The van der Waals surface area contributed by atoms with Gasteiger partial charge in [-0.3, -0.25) is 4.79 Å². The first kappa shape index (κ1) is 18.3. The van der Waals surface area contributed by atoms with Gasteiger partial charge in [-0.2, -0.15) is 4.52 Å². The van der Waals surface area contributed by atoms with Crippen LogP contribution in [0.2, 0.25) is 0 Å². The number of aromatic carboxylic acids is 1. The lowest BCUT2D eigenvalue weighted by atomic mass is 10.0. The van der Waals surface area contributed by atoms with Crippen molar-refractivity contribution in [3.05, 3.63) is 105 Å². The average Bonchev–Trinajstić information content (AvgIpc) is 3.17. The molecule has 0 fully saturated rings. The summed E-state index contributed by atoms with van der Waals surface area (Å²) in [6.07, 6.45) is 0.389. The van der Waals surface area contributed by atoms with Gasteiger partial charge in [-0.25, -0.2) is 4.79 Å². The van der Waals surface area contributed by atoms with Gasteiger partial charge < -0.3 is 10.1 Å². The minimum Gasteiger partial charge on any atom is -0.478 e. The molecule has 4 rings (SSSR count). The van der Waals surface area contributed by atoms with Crippen molar-refractivity contribution >= 4 is 11.6 Å². The lowest BCUT2D eigenvalue weighted by Gasteiger charge is -2.04. The van der Waals surface area contributed by atoms with Crippen LogP contribution < -0.4 is 5.56 Å². The van der Waals surface area contributed by atoms with E-state index in [1.807, 2.05) is 43.3 Å². The van der Waals surface area contributed by atoms with Crippen LogP contribution in [-0.4, -0.2) is 25.7 Å². The Morgan fingerprint density at radius 1 is 1.10 bits per heavy atom. The Kier molecular flexibility index (Phi) is 4.71. The van der Waals surface area contributed by atoms with E-state index in [-0.39, 0.29) is 11.1 Å². The molecular weight excluding hydrogens is 366 g/mol. The number of hydrogen-bond acceptors (Lipinski definition) is 3. The summed E-state index contributed by atoms with van der Waals surface area (Å²) in [5.41, 5.74) is 3.77. The number of benzene rings is 2. The van der Waals surface area contributed by atoms with Gasteiger partial charge in [0.15, 0.2) is 0 Å². The molecule has 4 aromatic rings. The molecule has 2 aromatic carbocycles. The molecule has 2 aromatic heterocycles. The van der Waals surface area contributed by atoms with Gasteiger partial charge >= 0.3 is 5.97 Å². The molecule has 0 bridgehead atoms. The zero-order valence-corrected chi connectivity index (χ0v) is 15.6. The molecule has 0 unspecified atom stereocenters. The molecule has 0 aliphatic heterocycles. The fraction of sp³-hybridized carbons (Fsp3) is 0.0870. The molecule has 6 nitrogen and oxygen atoms in total. The number of aryl methyl sites for hydroxylation is 1. The van der Waals surface area contributed by atoms with Crippen LogP contribution in [0.4, 0.5) is 0 Å². The normalized spacial score (nSPS) is 10.5. The Balaban J connectivity index is 1.68. The molecule has 142 valence electrons. The van der Waals surface area contributed by atoms with E-state index in [0.29, 0.717) is 23.5 Å². The first-order valence-electron chi connectivity index (χ1n) is 9.02. The van der Waals surface area contributed by atoms with Crippen molar-refractivity contribution in [3.63, 3.8) is 0 Å². The van der Waals surface area contributed by atoms with Crippen molar-refractivity contribution in [1.82, 2.24) is 14.6 Å². The summed E-state index contributed by atoms with van der Waals surface area (Å²) in [7, 11) is 0. The summed E-state index contributed by atoms with van der Waals surface area (Å²) < 4.78 is 1.34. The molecule has 0 saturated heterocycles. The molecule has 0 radical (unpaired) electrons. The zero-order chi connectivity index (χ0) is 20.4. The quantitative estimate of drug-likeness (QED) is 0.533. The van der Waals surface area contributed by atoms with Crippen LogP contribution in [0.15, 0.2) is 65.5 Å². The number of carboxylic acid groups (broad SMARTS) is 1. The molecule has 0 amide bonds. The lowest BCUT2D eigenvalue weighted by molar-refractivity contribution is 0.0697. The zero-order valence-electron chi connectivity index (χ0n) is 15.6. The summed E-state index contributed by atoms with van der Waals surface area (Å²) >= 11 is 0. The summed E-state index contributed by atoms with van der Waals surface area (Å²) in [4.78, 5) is 27.0. The number of rotatable bonds is 3. The van der Waals surface area contributed by atoms with Gasteiger partial charge in [0.1, 0.15) is 5.65 Å². The molecule has 0 saturated carbocycles. The molecular formula is C23H17N3O3. The van der Waals surface area contributed by atoms with Crippen molar-refractivity contribution in [3.8, 4) is 11.8 Å². The van der Waals surface area contributed by atoms with E-state index in [2.05, 4.69) is 21.9 Å². The van der Waals surface area contributed by atoms with Crippen molar-refractivity contribution < 1.29 is 9.90 Å². The number of aromatic amines is 1. The second kappa shape index (κ2) is 7.49. The summed E-state index contributed by atoms with van der Waals surface area (Å²) in [5.74, 6) is 5.42. The minimum absolute atomic E-state index is 0.214. The maximum absolute atomic E-state index is 12.9. The molecule has 0 aliphatic carbocycles. The molecule has 2 N–H and O–H groups in total. The van der Waals surface area contributed by atoms with Crippen LogP contribution in [0.5, 0.6) is 0 Å². The molecule has 29 heavy (non-hydrogen) atoms. The maximum atomic E-state index is 12.9. The van der Waals surface area contributed by atoms with Crippen LogP contribution in [-0.2, 0) is 6.42 Å². The monoisotopic (exact) mass is 383 g/mol. The summed E-state index contributed by atoms with van der Waals surface area (Å²) in [5, 5.41) is 13.3. The minimum atomic E-state index is -0.977. The largest absolute Gasteiger partial charge is 0.478 e. The second-order valence-corrected chi connectivity index (χ2v) is 6.69. The fourth-order valence-corrected chi connectivity index (χ4v) is 3.10. The highest BCUT2D eigenvalue weighted by Gasteiger charge is 2.12. The van der Waals surface area contributed by atoms with E-state index >= 15 is 0 Å². The van der Waals surface area contributed by atoms with Gasteiger partial charge in [-0.15, -0.1) is 5.10 Å². The van der Waals surface area contributed by atoms with Crippen LogP contribution in [0.1, 0.15) is 38.4 Å².